The van der Waals surface area contributed by atoms with E-state index in [0.717, 1.165) is 12.1 Å². The molecule has 0 radical (unpaired) electrons. The highest BCUT2D eigenvalue weighted by Gasteiger charge is 2.12. The van der Waals surface area contributed by atoms with Crippen LogP contribution in [-0.4, -0.2) is 11.7 Å². The number of benzene rings is 1. The van der Waals surface area contributed by atoms with E-state index in [2.05, 4.69) is 0 Å². The molecule has 0 amide bonds. The molecule has 72 valence electrons. The predicted molar refractivity (Wildman–Crippen MR) is 49.1 cm³/mol. The number of phenolic OH excluding ortho intramolecular Hbond substituents is 1. The van der Waals surface area contributed by atoms with Crippen molar-refractivity contribution >= 4 is 11.6 Å². The average Bonchev–Trinajstić information content (AvgIpc) is 2.10. The molecule has 1 rings (SSSR count). The van der Waals surface area contributed by atoms with E-state index in [-0.39, 0.29) is 22.9 Å². The lowest BCUT2D eigenvalue weighted by atomic mass is 10.1. The van der Waals surface area contributed by atoms with E-state index in [4.69, 9.17) is 23.1 Å². The average molecular weight is 205 g/mol. The monoisotopic (exact) mass is 204 g/mol. The third kappa shape index (κ3) is 2.09. The zero-order valence-electron chi connectivity index (χ0n) is 6.80. The number of aromatic hydroxyl groups is 1. The SMILES string of the molecule is NC[C@@H](N)c1cc(F)c(Cl)cc1O. The molecular weight excluding hydrogens is 195 g/mol. The van der Waals surface area contributed by atoms with Crippen LogP contribution < -0.4 is 11.5 Å². The molecule has 0 aliphatic carbocycles. The Bertz CT molecular complexity index is 319. The van der Waals surface area contributed by atoms with Crippen molar-refractivity contribution < 1.29 is 9.50 Å². The maximum absolute atomic E-state index is 12.9. The van der Waals surface area contributed by atoms with Crippen LogP contribution in [0.5, 0.6) is 5.75 Å². The number of nitrogens with two attached hydrogens (primary N) is 2. The number of rotatable bonds is 2. The topological polar surface area (TPSA) is 72.3 Å². The highest BCUT2D eigenvalue weighted by molar-refractivity contribution is 6.30. The lowest BCUT2D eigenvalue weighted by molar-refractivity contribution is 0.459. The third-order valence-electron chi connectivity index (χ3n) is 1.72. The molecular formula is C8H10ClFN2O. The van der Waals surface area contributed by atoms with Crippen LogP contribution in [0.25, 0.3) is 0 Å². The number of hydrogen-bond acceptors (Lipinski definition) is 3. The normalized spacial score (nSPS) is 12.9. The van der Waals surface area contributed by atoms with E-state index in [1.54, 1.807) is 0 Å². The van der Waals surface area contributed by atoms with Gasteiger partial charge in [-0.05, 0) is 6.07 Å². The van der Waals surface area contributed by atoms with Crippen LogP contribution in [0.1, 0.15) is 11.6 Å². The number of hydrogen-bond donors (Lipinski definition) is 3. The Balaban J connectivity index is 3.15. The van der Waals surface area contributed by atoms with E-state index in [1.165, 1.54) is 0 Å². The van der Waals surface area contributed by atoms with Crippen LogP contribution >= 0.6 is 11.6 Å². The van der Waals surface area contributed by atoms with Gasteiger partial charge in [0.25, 0.3) is 0 Å². The van der Waals surface area contributed by atoms with Crippen LogP contribution in [0.3, 0.4) is 0 Å². The first-order valence-electron chi connectivity index (χ1n) is 3.69. The molecule has 1 aromatic carbocycles. The summed E-state index contributed by atoms with van der Waals surface area (Å²) >= 11 is 5.43. The Labute approximate surface area is 80.1 Å². The Morgan fingerprint density at radius 2 is 2.15 bits per heavy atom. The van der Waals surface area contributed by atoms with E-state index in [1.807, 2.05) is 0 Å². The molecule has 5 heteroatoms. The van der Waals surface area contributed by atoms with Gasteiger partial charge in [-0.3, -0.25) is 0 Å². The van der Waals surface area contributed by atoms with Crippen molar-refractivity contribution in [1.29, 1.82) is 0 Å². The smallest absolute Gasteiger partial charge is 0.142 e. The summed E-state index contributed by atoms with van der Waals surface area (Å²) in [7, 11) is 0. The fourth-order valence-electron chi connectivity index (χ4n) is 0.976. The van der Waals surface area contributed by atoms with Gasteiger partial charge in [0.05, 0.1) is 5.02 Å². The van der Waals surface area contributed by atoms with Gasteiger partial charge in [0, 0.05) is 24.2 Å². The van der Waals surface area contributed by atoms with Crippen LogP contribution in [0.2, 0.25) is 5.02 Å². The van der Waals surface area contributed by atoms with Gasteiger partial charge in [-0.1, -0.05) is 11.6 Å². The van der Waals surface area contributed by atoms with Crippen LogP contribution in [0.4, 0.5) is 4.39 Å². The minimum Gasteiger partial charge on any atom is -0.508 e. The molecule has 1 atom stereocenters. The maximum atomic E-state index is 12.9. The molecule has 0 aromatic heterocycles. The Morgan fingerprint density at radius 1 is 1.54 bits per heavy atom. The molecule has 0 saturated carbocycles. The molecule has 0 bridgehead atoms. The Kier molecular flexibility index (Phi) is 3.08. The molecule has 13 heavy (non-hydrogen) atoms. The molecule has 0 spiro atoms. The number of phenols is 1. The van der Waals surface area contributed by atoms with E-state index >= 15 is 0 Å². The second-order valence-electron chi connectivity index (χ2n) is 2.67. The molecule has 5 N–H and O–H groups in total. The van der Waals surface area contributed by atoms with Crippen molar-refractivity contribution in [2.24, 2.45) is 11.5 Å². The molecule has 0 fully saturated rings. The molecule has 0 aliphatic rings. The molecule has 0 aliphatic heterocycles. The minimum absolute atomic E-state index is 0.134. The summed E-state index contributed by atoms with van der Waals surface area (Å²) in [5.41, 5.74) is 11.1. The molecule has 3 nitrogen and oxygen atoms in total. The third-order valence-corrected chi connectivity index (χ3v) is 2.01. The molecule has 0 heterocycles. The summed E-state index contributed by atoms with van der Waals surface area (Å²) in [6.45, 7) is 0.134. The van der Waals surface area contributed by atoms with Crippen LogP contribution in [0, 0.1) is 5.82 Å². The Morgan fingerprint density at radius 3 is 2.69 bits per heavy atom. The van der Waals surface area contributed by atoms with Crippen molar-refractivity contribution in [2.75, 3.05) is 6.54 Å². The zero-order chi connectivity index (χ0) is 10.0. The standard InChI is InChI=1S/C8H10ClFN2O/c9-5-2-8(13)4(1-6(5)10)7(12)3-11/h1-2,7,13H,3,11-12H2/t7-/m1/s1. The second-order valence-corrected chi connectivity index (χ2v) is 3.07. The van der Waals surface area contributed by atoms with Gasteiger partial charge in [0.15, 0.2) is 0 Å². The van der Waals surface area contributed by atoms with Gasteiger partial charge >= 0.3 is 0 Å². The summed E-state index contributed by atoms with van der Waals surface area (Å²) in [6, 6.07) is 1.63. The summed E-state index contributed by atoms with van der Waals surface area (Å²) in [4.78, 5) is 0. The largest absolute Gasteiger partial charge is 0.508 e. The van der Waals surface area contributed by atoms with Gasteiger partial charge in [-0.2, -0.15) is 0 Å². The van der Waals surface area contributed by atoms with E-state index in [9.17, 15) is 9.50 Å². The lowest BCUT2D eigenvalue weighted by Crippen LogP contribution is -2.20. The lowest BCUT2D eigenvalue weighted by Gasteiger charge is -2.11. The highest BCUT2D eigenvalue weighted by atomic mass is 35.5. The van der Waals surface area contributed by atoms with Crippen molar-refractivity contribution in [3.8, 4) is 5.75 Å². The van der Waals surface area contributed by atoms with Gasteiger partial charge in [0.2, 0.25) is 0 Å². The number of halogens is 2. The second kappa shape index (κ2) is 3.91. The summed E-state index contributed by atoms with van der Waals surface area (Å²) in [5, 5.41) is 9.20. The first-order valence-corrected chi connectivity index (χ1v) is 4.07. The fraction of sp³-hybridized carbons (Fsp3) is 0.250. The summed E-state index contributed by atoms with van der Waals surface area (Å²) in [6.07, 6.45) is 0. The van der Waals surface area contributed by atoms with Crippen molar-refractivity contribution in [1.82, 2.24) is 0 Å². The van der Waals surface area contributed by atoms with Gasteiger partial charge in [0.1, 0.15) is 11.6 Å². The molecule has 1 aromatic rings. The predicted octanol–water partition coefficient (Wildman–Crippen LogP) is 1.14. The van der Waals surface area contributed by atoms with Gasteiger partial charge in [-0.15, -0.1) is 0 Å². The van der Waals surface area contributed by atoms with Gasteiger partial charge in [-0.25, -0.2) is 4.39 Å². The summed E-state index contributed by atoms with van der Waals surface area (Å²) < 4.78 is 12.9. The summed E-state index contributed by atoms with van der Waals surface area (Å²) in [5.74, 6) is -0.747. The quantitative estimate of drug-likeness (QED) is 0.677. The molecule has 0 unspecified atom stereocenters. The van der Waals surface area contributed by atoms with Crippen molar-refractivity contribution in [3.63, 3.8) is 0 Å². The first-order chi connectivity index (χ1) is 6.06. The van der Waals surface area contributed by atoms with Crippen molar-refractivity contribution in [2.45, 2.75) is 6.04 Å². The van der Waals surface area contributed by atoms with Gasteiger partial charge < -0.3 is 16.6 Å². The zero-order valence-corrected chi connectivity index (χ0v) is 7.55. The van der Waals surface area contributed by atoms with E-state index < -0.39 is 11.9 Å². The first kappa shape index (κ1) is 10.2. The van der Waals surface area contributed by atoms with Crippen molar-refractivity contribution in [3.05, 3.63) is 28.5 Å². The van der Waals surface area contributed by atoms with E-state index in [0.29, 0.717) is 0 Å². The van der Waals surface area contributed by atoms with Crippen LogP contribution in [-0.2, 0) is 0 Å². The highest BCUT2D eigenvalue weighted by Crippen LogP contribution is 2.28. The minimum atomic E-state index is -0.613. The Hall–Kier alpha value is -0.840. The van der Waals surface area contributed by atoms with Crippen LogP contribution in [0.15, 0.2) is 12.1 Å². The maximum Gasteiger partial charge on any atom is 0.142 e. The fourth-order valence-corrected chi connectivity index (χ4v) is 1.13. The molecule has 0 saturated heterocycles.